The normalized spacial score (nSPS) is 22.8. The fraction of sp³-hybridized carbons (Fsp3) is 0.609. The Hall–Kier alpha value is -2.41. The molecule has 2 atom stereocenters. The molecule has 1 heterocycles. The van der Waals surface area contributed by atoms with Crippen molar-refractivity contribution in [2.24, 2.45) is 5.92 Å². The molecule has 0 bridgehead atoms. The minimum Gasteiger partial charge on any atom is -0.337 e. The van der Waals surface area contributed by atoms with Crippen LogP contribution in [0.2, 0.25) is 0 Å². The summed E-state index contributed by atoms with van der Waals surface area (Å²) < 4.78 is 0. The number of imide groups is 1. The van der Waals surface area contributed by atoms with Crippen LogP contribution in [-0.4, -0.2) is 66.4 Å². The molecule has 4 amide bonds. The number of amides is 4. The van der Waals surface area contributed by atoms with Crippen LogP contribution in [0.5, 0.6) is 0 Å². The molecule has 7 heteroatoms. The van der Waals surface area contributed by atoms with E-state index in [-0.39, 0.29) is 24.4 Å². The Morgan fingerprint density at radius 1 is 1.03 bits per heavy atom. The van der Waals surface area contributed by atoms with Crippen molar-refractivity contribution in [1.82, 2.24) is 20.4 Å². The lowest BCUT2D eigenvalue weighted by Gasteiger charge is -2.29. The van der Waals surface area contributed by atoms with Crippen molar-refractivity contribution in [3.05, 3.63) is 35.4 Å². The number of carbonyl (C=O) groups is 3. The van der Waals surface area contributed by atoms with Crippen LogP contribution in [0.25, 0.3) is 0 Å². The molecule has 1 saturated carbocycles. The molecule has 1 aliphatic heterocycles. The van der Waals surface area contributed by atoms with Gasteiger partial charge in [-0.15, -0.1) is 0 Å². The summed E-state index contributed by atoms with van der Waals surface area (Å²) in [7, 11) is 0. The Balaban J connectivity index is 1.44. The maximum Gasteiger partial charge on any atom is 0.321 e. The van der Waals surface area contributed by atoms with E-state index >= 15 is 0 Å². The number of rotatable bonds is 4. The van der Waals surface area contributed by atoms with E-state index in [1.165, 1.54) is 6.42 Å². The van der Waals surface area contributed by atoms with Gasteiger partial charge >= 0.3 is 6.03 Å². The summed E-state index contributed by atoms with van der Waals surface area (Å²) in [4.78, 5) is 41.2. The SMILES string of the molecule is Cc1cccc(C(=O)N2CCCN(CC(=O)NC(=O)NC3CCCCC3C)CC2)c1. The van der Waals surface area contributed by atoms with Gasteiger partial charge in [0.2, 0.25) is 5.91 Å². The molecule has 7 nitrogen and oxygen atoms in total. The van der Waals surface area contributed by atoms with E-state index in [9.17, 15) is 14.4 Å². The quantitative estimate of drug-likeness (QED) is 0.793. The zero-order valence-corrected chi connectivity index (χ0v) is 18.2. The van der Waals surface area contributed by atoms with Crippen LogP contribution in [0, 0.1) is 12.8 Å². The number of benzene rings is 1. The molecule has 0 radical (unpaired) electrons. The molecular formula is C23H34N4O3. The first kappa shape index (κ1) is 22.3. The minimum atomic E-state index is -0.398. The van der Waals surface area contributed by atoms with Gasteiger partial charge in [-0.1, -0.05) is 37.5 Å². The monoisotopic (exact) mass is 414 g/mol. The molecule has 1 saturated heterocycles. The van der Waals surface area contributed by atoms with Gasteiger partial charge in [-0.2, -0.15) is 0 Å². The van der Waals surface area contributed by atoms with Gasteiger partial charge in [0.15, 0.2) is 0 Å². The van der Waals surface area contributed by atoms with Gasteiger partial charge in [-0.05, 0) is 44.2 Å². The number of hydrogen-bond acceptors (Lipinski definition) is 4. The third-order valence-corrected chi connectivity index (χ3v) is 6.19. The first-order valence-corrected chi connectivity index (χ1v) is 11.1. The average Bonchev–Trinajstić information content (AvgIpc) is 2.94. The highest BCUT2D eigenvalue weighted by Crippen LogP contribution is 2.23. The number of urea groups is 1. The lowest BCUT2D eigenvalue weighted by molar-refractivity contribution is -0.121. The van der Waals surface area contributed by atoms with Crippen molar-refractivity contribution in [2.75, 3.05) is 32.7 Å². The van der Waals surface area contributed by atoms with E-state index in [1.54, 1.807) is 0 Å². The van der Waals surface area contributed by atoms with Gasteiger partial charge in [-0.25, -0.2) is 4.79 Å². The van der Waals surface area contributed by atoms with Crippen LogP contribution < -0.4 is 10.6 Å². The molecule has 0 aromatic heterocycles. The van der Waals surface area contributed by atoms with E-state index in [4.69, 9.17) is 0 Å². The van der Waals surface area contributed by atoms with Crippen molar-refractivity contribution in [1.29, 1.82) is 0 Å². The summed E-state index contributed by atoms with van der Waals surface area (Å²) in [5.41, 5.74) is 1.77. The molecule has 1 aliphatic carbocycles. The molecule has 2 fully saturated rings. The largest absolute Gasteiger partial charge is 0.337 e. The Labute approximate surface area is 179 Å². The zero-order chi connectivity index (χ0) is 21.5. The van der Waals surface area contributed by atoms with Crippen molar-refractivity contribution in [3.8, 4) is 0 Å². The molecule has 1 aromatic carbocycles. The molecular weight excluding hydrogens is 380 g/mol. The van der Waals surface area contributed by atoms with Gasteiger partial charge < -0.3 is 10.2 Å². The minimum absolute atomic E-state index is 0.0333. The van der Waals surface area contributed by atoms with Gasteiger partial charge in [0.25, 0.3) is 5.91 Å². The van der Waals surface area contributed by atoms with E-state index in [1.807, 2.05) is 41.0 Å². The van der Waals surface area contributed by atoms with E-state index in [0.29, 0.717) is 31.1 Å². The molecule has 3 rings (SSSR count). The fourth-order valence-electron chi connectivity index (χ4n) is 4.40. The van der Waals surface area contributed by atoms with Crippen molar-refractivity contribution in [2.45, 2.75) is 52.0 Å². The fourth-order valence-corrected chi connectivity index (χ4v) is 4.40. The predicted molar refractivity (Wildman–Crippen MR) is 116 cm³/mol. The Bertz CT molecular complexity index is 767. The number of nitrogens with zero attached hydrogens (tertiary/aromatic N) is 2. The maximum absolute atomic E-state index is 12.8. The van der Waals surface area contributed by atoms with Gasteiger partial charge in [-0.3, -0.25) is 19.8 Å². The topological polar surface area (TPSA) is 81.8 Å². The number of carbonyl (C=O) groups excluding carboxylic acids is 3. The van der Waals surface area contributed by atoms with Crippen LogP contribution in [0.3, 0.4) is 0 Å². The maximum atomic E-state index is 12.8. The second-order valence-corrected chi connectivity index (χ2v) is 8.68. The van der Waals surface area contributed by atoms with Gasteiger partial charge in [0.1, 0.15) is 0 Å². The second kappa shape index (κ2) is 10.6. The van der Waals surface area contributed by atoms with Gasteiger partial charge in [0.05, 0.1) is 6.54 Å². The molecule has 2 unspecified atom stereocenters. The number of aryl methyl sites for hydroxylation is 1. The van der Waals surface area contributed by atoms with Crippen molar-refractivity contribution >= 4 is 17.8 Å². The van der Waals surface area contributed by atoms with Crippen molar-refractivity contribution in [3.63, 3.8) is 0 Å². The third kappa shape index (κ3) is 6.29. The molecule has 2 N–H and O–H groups in total. The van der Waals surface area contributed by atoms with Crippen LogP contribution in [0.1, 0.15) is 54.9 Å². The van der Waals surface area contributed by atoms with Crippen LogP contribution >= 0.6 is 0 Å². The smallest absolute Gasteiger partial charge is 0.321 e. The molecule has 2 aliphatic rings. The summed E-state index contributed by atoms with van der Waals surface area (Å²) in [5.74, 6) is 0.183. The second-order valence-electron chi connectivity index (χ2n) is 8.68. The standard InChI is InChI=1S/C23H34N4O3/c1-17-7-5-9-19(15-17)22(29)27-12-6-11-26(13-14-27)16-21(28)25-23(30)24-20-10-4-3-8-18(20)2/h5,7,9,15,18,20H,3-4,6,8,10-14,16H2,1-2H3,(H2,24,25,28,30). The highest BCUT2D eigenvalue weighted by molar-refractivity contribution is 5.95. The van der Waals surface area contributed by atoms with E-state index < -0.39 is 6.03 Å². The lowest BCUT2D eigenvalue weighted by atomic mass is 9.86. The van der Waals surface area contributed by atoms with Crippen LogP contribution in [0.4, 0.5) is 4.79 Å². The lowest BCUT2D eigenvalue weighted by Crippen LogP contribution is -2.50. The summed E-state index contributed by atoms with van der Waals surface area (Å²) in [5, 5.41) is 5.42. The summed E-state index contributed by atoms with van der Waals surface area (Å²) in [6.45, 7) is 6.88. The Kier molecular flexibility index (Phi) is 7.85. The first-order valence-electron chi connectivity index (χ1n) is 11.1. The van der Waals surface area contributed by atoms with Gasteiger partial charge in [0, 0.05) is 37.8 Å². The van der Waals surface area contributed by atoms with E-state index in [0.717, 1.165) is 37.8 Å². The number of hydrogen-bond donors (Lipinski definition) is 2. The third-order valence-electron chi connectivity index (χ3n) is 6.19. The highest BCUT2D eigenvalue weighted by Gasteiger charge is 2.25. The van der Waals surface area contributed by atoms with Crippen LogP contribution in [-0.2, 0) is 4.79 Å². The summed E-state index contributed by atoms with van der Waals surface area (Å²) in [6, 6.07) is 7.37. The molecule has 1 aromatic rings. The highest BCUT2D eigenvalue weighted by atomic mass is 16.2. The summed E-state index contributed by atoms with van der Waals surface area (Å²) >= 11 is 0. The first-order chi connectivity index (χ1) is 14.4. The van der Waals surface area contributed by atoms with E-state index in [2.05, 4.69) is 17.6 Å². The Morgan fingerprint density at radius 2 is 1.83 bits per heavy atom. The van der Waals surface area contributed by atoms with Crippen LogP contribution in [0.15, 0.2) is 24.3 Å². The Morgan fingerprint density at radius 3 is 2.60 bits per heavy atom. The number of nitrogens with one attached hydrogen (secondary N) is 2. The molecule has 0 spiro atoms. The molecule has 164 valence electrons. The predicted octanol–water partition coefficient (Wildman–Crippen LogP) is 2.55. The molecule has 30 heavy (non-hydrogen) atoms. The zero-order valence-electron chi connectivity index (χ0n) is 18.2. The average molecular weight is 415 g/mol. The van der Waals surface area contributed by atoms with Crippen molar-refractivity contribution < 1.29 is 14.4 Å². The summed E-state index contributed by atoms with van der Waals surface area (Å²) in [6.07, 6.45) is 5.22.